The Bertz CT molecular complexity index is 887. The molecule has 2 N–H and O–H groups in total. The molecule has 1 aliphatic rings. The van der Waals surface area contributed by atoms with Crippen LogP contribution in [0.5, 0.6) is 5.75 Å². The number of nitrogens with zero attached hydrogens (tertiary/aromatic N) is 1. The van der Waals surface area contributed by atoms with Gasteiger partial charge >= 0.3 is 11.8 Å². The number of carboxylic acids is 1. The van der Waals surface area contributed by atoms with E-state index in [2.05, 4.69) is 15.8 Å². The number of aromatic carboxylic acids is 1. The van der Waals surface area contributed by atoms with Crippen molar-refractivity contribution >= 4 is 24.0 Å². The van der Waals surface area contributed by atoms with Crippen LogP contribution in [0.15, 0.2) is 53.6 Å². The van der Waals surface area contributed by atoms with Crippen LogP contribution in [0, 0.1) is 0 Å². The second-order valence-corrected chi connectivity index (χ2v) is 6.29. The summed E-state index contributed by atoms with van der Waals surface area (Å²) in [5, 5.41) is 17.0. The third kappa shape index (κ3) is 5.66. The summed E-state index contributed by atoms with van der Waals surface area (Å²) >= 11 is 0. The molecule has 0 radical (unpaired) electrons. The van der Waals surface area contributed by atoms with E-state index in [1.807, 2.05) is 0 Å². The van der Waals surface area contributed by atoms with Crippen LogP contribution in [0.2, 0.25) is 0 Å². The van der Waals surface area contributed by atoms with Crippen molar-refractivity contribution in [2.75, 3.05) is 0 Å². The molecule has 2 aromatic carbocycles. The molecule has 8 heteroatoms. The molecule has 3 rings (SSSR count). The zero-order valence-corrected chi connectivity index (χ0v) is 14.9. The monoisotopic (exact) mass is 380 g/mol. The van der Waals surface area contributed by atoms with E-state index < -0.39 is 17.8 Å². The molecule has 1 aliphatic carbocycles. The predicted octanol–water partition coefficient (Wildman–Crippen LogP) is 0.358. The minimum atomic E-state index is -1.22. The fourth-order valence-corrected chi connectivity index (χ4v) is 2.25. The number of carboxylic acid groups (broad SMARTS) is 1. The highest BCUT2D eigenvalue weighted by Crippen LogP contribution is 2.18. The lowest BCUT2D eigenvalue weighted by molar-refractivity contribution is -0.255. The van der Waals surface area contributed by atoms with Gasteiger partial charge in [-0.05, 0) is 53.8 Å². The van der Waals surface area contributed by atoms with Gasteiger partial charge in [-0.15, -0.1) is 0 Å². The van der Waals surface area contributed by atoms with E-state index in [0.717, 1.165) is 18.4 Å². The summed E-state index contributed by atoms with van der Waals surface area (Å²) in [6, 6.07) is 13.3. The number of amides is 2. The molecule has 1 fully saturated rings. The lowest BCUT2D eigenvalue weighted by Crippen LogP contribution is -2.38. The van der Waals surface area contributed by atoms with Gasteiger partial charge in [0, 0.05) is 6.04 Å². The van der Waals surface area contributed by atoms with Crippen molar-refractivity contribution in [2.45, 2.75) is 25.5 Å². The molecule has 144 valence electrons. The van der Waals surface area contributed by atoms with Gasteiger partial charge in [-0.1, -0.05) is 24.3 Å². The van der Waals surface area contributed by atoms with Gasteiger partial charge in [0.2, 0.25) is 0 Å². The summed E-state index contributed by atoms with van der Waals surface area (Å²) in [5.41, 5.74) is 3.83. The van der Waals surface area contributed by atoms with E-state index in [0.29, 0.717) is 11.3 Å². The maximum Gasteiger partial charge on any atom is 0.329 e. The molecule has 0 aliphatic heterocycles. The summed E-state index contributed by atoms with van der Waals surface area (Å²) in [6.45, 7) is 0.285. The van der Waals surface area contributed by atoms with E-state index in [-0.39, 0.29) is 18.2 Å². The van der Waals surface area contributed by atoms with Crippen LogP contribution >= 0.6 is 0 Å². The highest BCUT2D eigenvalue weighted by molar-refractivity contribution is 6.35. The first-order chi connectivity index (χ1) is 13.5. The van der Waals surface area contributed by atoms with Crippen molar-refractivity contribution in [3.63, 3.8) is 0 Å². The van der Waals surface area contributed by atoms with Crippen LogP contribution in [-0.4, -0.2) is 30.0 Å². The second kappa shape index (κ2) is 8.81. The summed E-state index contributed by atoms with van der Waals surface area (Å²) in [4.78, 5) is 33.7. The number of ether oxygens (including phenoxy) is 1. The zero-order valence-electron chi connectivity index (χ0n) is 14.9. The van der Waals surface area contributed by atoms with E-state index in [4.69, 9.17) is 4.74 Å². The van der Waals surface area contributed by atoms with Crippen LogP contribution in [0.1, 0.15) is 34.3 Å². The summed E-state index contributed by atoms with van der Waals surface area (Å²) in [6.07, 6.45) is 3.23. The molecule has 1 saturated carbocycles. The summed E-state index contributed by atoms with van der Waals surface area (Å²) < 4.78 is 5.63. The Morgan fingerprint density at radius 2 is 1.71 bits per heavy atom. The standard InChI is InChI=1S/C20H19N3O5/c24-18(22-16-7-8-16)19(25)23-21-11-13-3-9-17(10-4-13)28-12-14-1-5-15(6-2-14)20(26)27/h1-6,9-11,16H,7-8,12H2,(H,22,24)(H,23,25)(H,26,27)/p-1/b21-11-. The second-order valence-electron chi connectivity index (χ2n) is 6.29. The molecule has 28 heavy (non-hydrogen) atoms. The number of hydrogen-bond acceptors (Lipinski definition) is 6. The number of hydrogen-bond donors (Lipinski definition) is 2. The Morgan fingerprint density at radius 1 is 1.04 bits per heavy atom. The van der Waals surface area contributed by atoms with Crippen LogP contribution < -0.4 is 20.6 Å². The van der Waals surface area contributed by atoms with Gasteiger partial charge < -0.3 is 20.0 Å². The van der Waals surface area contributed by atoms with E-state index in [9.17, 15) is 19.5 Å². The lowest BCUT2D eigenvalue weighted by atomic mass is 10.1. The predicted molar refractivity (Wildman–Crippen MR) is 98.4 cm³/mol. The molecule has 8 nitrogen and oxygen atoms in total. The van der Waals surface area contributed by atoms with E-state index >= 15 is 0 Å². The first-order valence-corrected chi connectivity index (χ1v) is 8.68. The number of benzene rings is 2. The molecule has 0 unspecified atom stereocenters. The summed E-state index contributed by atoms with van der Waals surface area (Å²) in [5.74, 6) is -2.08. The molecule has 0 aromatic heterocycles. The molecular weight excluding hydrogens is 362 g/mol. The van der Waals surface area contributed by atoms with Gasteiger partial charge in [-0.25, -0.2) is 5.43 Å². The minimum Gasteiger partial charge on any atom is -0.545 e. The Morgan fingerprint density at radius 3 is 2.32 bits per heavy atom. The first-order valence-electron chi connectivity index (χ1n) is 8.68. The van der Waals surface area contributed by atoms with Gasteiger partial charge in [-0.3, -0.25) is 9.59 Å². The highest BCUT2D eigenvalue weighted by Gasteiger charge is 2.26. The van der Waals surface area contributed by atoms with Crippen molar-refractivity contribution in [2.24, 2.45) is 5.10 Å². The number of carbonyl (C=O) groups is 3. The fraction of sp³-hybridized carbons (Fsp3) is 0.200. The minimum absolute atomic E-state index is 0.113. The lowest BCUT2D eigenvalue weighted by Gasteiger charge is -2.08. The van der Waals surface area contributed by atoms with E-state index in [1.165, 1.54) is 18.3 Å². The molecule has 2 amide bonds. The zero-order chi connectivity index (χ0) is 19.9. The van der Waals surface area contributed by atoms with Crippen molar-refractivity contribution in [1.82, 2.24) is 10.7 Å². The molecule has 2 aromatic rings. The van der Waals surface area contributed by atoms with Crippen LogP contribution in [0.3, 0.4) is 0 Å². The van der Waals surface area contributed by atoms with Crippen molar-refractivity contribution in [1.29, 1.82) is 0 Å². The summed E-state index contributed by atoms with van der Waals surface area (Å²) in [7, 11) is 0. The molecular formula is C20H18N3O5-. The molecule has 0 spiro atoms. The van der Waals surface area contributed by atoms with Gasteiger partial charge in [-0.2, -0.15) is 5.10 Å². The average Bonchev–Trinajstić information content (AvgIpc) is 3.51. The van der Waals surface area contributed by atoms with Crippen LogP contribution in [0.4, 0.5) is 0 Å². The smallest absolute Gasteiger partial charge is 0.329 e. The normalized spacial score (nSPS) is 13.1. The number of hydrazone groups is 1. The van der Waals surface area contributed by atoms with Gasteiger partial charge in [0.05, 0.1) is 12.2 Å². The maximum atomic E-state index is 11.5. The third-order valence-corrected chi connectivity index (χ3v) is 3.97. The first kappa shape index (κ1) is 19.1. The third-order valence-electron chi connectivity index (χ3n) is 3.97. The average molecular weight is 380 g/mol. The molecule has 0 saturated heterocycles. The van der Waals surface area contributed by atoms with Gasteiger partial charge in [0.15, 0.2) is 0 Å². The highest BCUT2D eigenvalue weighted by atomic mass is 16.5. The molecule has 0 atom stereocenters. The Kier molecular flexibility index (Phi) is 6.01. The number of nitrogens with one attached hydrogen (secondary N) is 2. The molecule has 0 bridgehead atoms. The Labute approximate surface area is 161 Å². The number of rotatable bonds is 7. The van der Waals surface area contributed by atoms with Gasteiger partial charge in [0.1, 0.15) is 12.4 Å². The van der Waals surface area contributed by atoms with Crippen molar-refractivity contribution in [3.05, 3.63) is 65.2 Å². The largest absolute Gasteiger partial charge is 0.545 e. The van der Waals surface area contributed by atoms with Crippen molar-refractivity contribution in [3.8, 4) is 5.75 Å². The fourth-order valence-electron chi connectivity index (χ4n) is 2.25. The van der Waals surface area contributed by atoms with Gasteiger partial charge in [0.25, 0.3) is 0 Å². The topological polar surface area (TPSA) is 120 Å². The molecule has 0 heterocycles. The van der Waals surface area contributed by atoms with Crippen LogP contribution in [-0.2, 0) is 16.2 Å². The van der Waals surface area contributed by atoms with E-state index in [1.54, 1.807) is 36.4 Å². The van der Waals surface area contributed by atoms with Crippen molar-refractivity contribution < 1.29 is 24.2 Å². The Hall–Kier alpha value is -3.68. The maximum absolute atomic E-state index is 11.5. The quantitative estimate of drug-likeness (QED) is 0.408. The Balaban J connectivity index is 1.45. The van der Waals surface area contributed by atoms with Crippen LogP contribution in [0.25, 0.3) is 0 Å². The SMILES string of the molecule is O=C(N/N=C\c1ccc(OCc2ccc(C(=O)[O-])cc2)cc1)C(=O)NC1CC1. The number of carbonyl (C=O) groups excluding carboxylic acids is 3.